The number of hydrogen-bond donors (Lipinski definition) is 1. The molecule has 1 fully saturated rings. The number of carbonyl (C=O) groups is 1. The van der Waals surface area contributed by atoms with Crippen LogP contribution in [-0.2, 0) is 12.0 Å². The minimum atomic E-state index is -0.298. The SMILES string of the molecule is CCCCOc1ccc2c(c1)C(=O)N1CCNCC21Cc1ccccc1. The molecule has 0 saturated carbocycles. The summed E-state index contributed by atoms with van der Waals surface area (Å²) in [4.78, 5) is 15.2. The van der Waals surface area contributed by atoms with Gasteiger partial charge in [0.15, 0.2) is 0 Å². The lowest BCUT2D eigenvalue weighted by molar-refractivity contribution is 0.0456. The molecule has 0 aliphatic carbocycles. The van der Waals surface area contributed by atoms with Gasteiger partial charge in [0.2, 0.25) is 0 Å². The van der Waals surface area contributed by atoms with Crippen LogP contribution in [-0.4, -0.2) is 37.0 Å². The van der Waals surface area contributed by atoms with E-state index >= 15 is 0 Å². The number of piperazine rings is 1. The Morgan fingerprint density at radius 1 is 1.19 bits per heavy atom. The molecule has 2 aromatic carbocycles. The molecule has 4 rings (SSSR count). The van der Waals surface area contributed by atoms with E-state index < -0.39 is 0 Å². The van der Waals surface area contributed by atoms with Crippen LogP contribution in [0.4, 0.5) is 0 Å². The third-order valence-electron chi connectivity index (χ3n) is 5.52. The summed E-state index contributed by atoms with van der Waals surface area (Å²) in [5, 5.41) is 3.51. The van der Waals surface area contributed by atoms with Gasteiger partial charge < -0.3 is 15.0 Å². The molecule has 1 atom stereocenters. The van der Waals surface area contributed by atoms with Crippen LogP contribution < -0.4 is 10.1 Å². The zero-order valence-electron chi connectivity index (χ0n) is 15.3. The maximum absolute atomic E-state index is 13.2. The molecule has 2 aliphatic heterocycles. The molecular formula is C22H26N2O2. The van der Waals surface area contributed by atoms with Crippen molar-refractivity contribution in [2.45, 2.75) is 31.7 Å². The third-order valence-corrected chi connectivity index (χ3v) is 5.52. The average Bonchev–Trinajstić information content (AvgIpc) is 2.91. The number of carbonyl (C=O) groups excluding carboxylic acids is 1. The highest BCUT2D eigenvalue weighted by Crippen LogP contribution is 2.43. The first kappa shape index (κ1) is 17.1. The Balaban J connectivity index is 1.70. The van der Waals surface area contributed by atoms with E-state index in [0.717, 1.165) is 55.8 Å². The summed E-state index contributed by atoms with van der Waals surface area (Å²) in [6.45, 7) is 5.22. The van der Waals surface area contributed by atoms with E-state index in [2.05, 4.69) is 47.5 Å². The van der Waals surface area contributed by atoms with Crippen molar-refractivity contribution >= 4 is 5.91 Å². The first-order chi connectivity index (χ1) is 12.7. The molecular weight excluding hydrogens is 324 g/mol. The average molecular weight is 350 g/mol. The van der Waals surface area contributed by atoms with Gasteiger partial charge in [0.05, 0.1) is 12.1 Å². The fourth-order valence-electron chi connectivity index (χ4n) is 4.19. The maximum atomic E-state index is 13.2. The van der Waals surface area contributed by atoms with Gasteiger partial charge in [-0.1, -0.05) is 49.7 Å². The lowest BCUT2D eigenvalue weighted by Gasteiger charge is -2.43. The van der Waals surface area contributed by atoms with Crippen LogP contribution in [0, 0.1) is 0 Å². The van der Waals surface area contributed by atoms with Crippen molar-refractivity contribution in [2.75, 3.05) is 26.2 Å². The van der Waals surface area contributed by atoms with E-state index in [1.165, 1.54) is 5.56 Å². The Labute approximate surface area is 155 Å². The smallest absolute Gasteiger partial charge is 0.255 e. The molecule has 136 valence electrons. The van der Waals surface area contributed by atoms with Crippen molar-refractivity contribution in [2.24, 2.45) is 0 Å². The van der Waals surface area contributed by atoms with Crippen LogP contribution >= 0.6 is 0 Å². The molecule has 0 spiro atoms. The highest BCUT2D eigenvalue weighted by atomic mass is 16.5. The molecule has 1 amide bonds. The van der Waals surface area contributed by atoms with Gasteiger partial charge in [-0.25, -0.2) is 0 Å². The van der Waals surface area contributed by atoms with Crippen LogP contribution in [0.5, 0.6) is 5.75 Å². The minimum absolute atomic E-state index is 0.137. The van der Waals surface area contributed by atoms with Crippen molar-refractivity contribution in [1.82, 2.24) is 10.2 Å². The molecule has 2 aliphatic rings. The molecule has 1 saturated heterocycles. The van der Waals surface area contributed by atoms with Gasteiger partial charge in [-0.05, 0) is 29.7 Å². The van der Waals surface area contributed by atoms with Crippen LogP contribution in [0.2, 0.25) is 0 Å². The molecule has 4 nitrogen and oxygen atoms in total. The largest absolute Gasteiger partial charge is 0.494 e. The van der Waals surface area contributed by atoms with Crippen molar-refractivity contribution in [1.29, 1.82) is 0 Å². The van der Waals surface area contributed by atoms with Gasteiger partial charge in [-0.3, -0.25) is 4.79 Å². The van der Waals surface area contributed by atoms with Gasteiger partial charge in [-0.15, -0.1) is 0 Å². The second-order valence-corrected chi connectivity index (χ2v) is 7.24. The molecule has 1 unspecified atom stereocenters. The quantitative estimate of drug-likeness (QED) is 0.812. The number of rotatable bonds is 6. The molecule has 0 aromatic heterocycles. The number of amides is 1. The van der Waals surface area contributed by atoms with Crippen LogP contribution in [0.3, 0.4) is 0 Å². The number of fused-ring (bicyclic) bond motifs is 3. The topological polar surface area (TPSA) is 41.6 Å². The Hall–Kier alpha value is -2.33. The summed E-state index contributed by atoms with van der Waals surface area (Å²) in [7, 11) is 0. The molecule has 2 aromatic rings. The minimum Gasteiger partial charge on any atom is -0.494 e. The van der Waals surface area contributed by atoms with E-state index in [9.17, 15) is 4.79 Å². The summed E-state index contributed by atoms with van der Waals surface area (Å²) < 4.78 is 5.84. The summed E-state index contributed by atoms with van der Waals surface area (Å²) in [5.41, 5.74) is 2.89. The number of hydrogen-bond acceptors (Lipinski definition) is 3. The number of nitrogens with one attached hydrogen (secondary N) is 1. The first-order valence-corrected chi connectivity index (χ1v) is 9.58. The number of benzene rings is 2. The maximum Gasteiger partial charge on any atom is 0.255 e. The fraction of sp³-hybridized carbons (Fsp3) is 0.409. The normalized spacial score (nSPS) is 21.4. The Bertz CT molecular complexity index is 790. The fourth-order valence-corrected chi connectivity index (χ4v) is 4.19. The van der Waals surface area contributed by atoms with Crippen LogP contribution in [0.1, 0.15) is 41.3 Å². The predicted molar refractivity (Wildman–Crippen MR) is 103 cm³/mol. The number of unbranched alkanes of at least 4 members (excludes halogenated alkanes) is 1. The lowest BCUT2D eigenvalue weighted by atomic mass is 9.82. The zero-order chi connectivity index (χ0) is 18.0. The standard InChI is InChI=1S/C22H26N2O2/c1-2-3-13-26-18-9-10-20-19(14-18)21(25)24-12-11-23-16-22(20,24)15-17-7-5-4-6-8-17/h4-10,14,23H,2-3,11-13,15-16H2,1H3. The zero-order valence-corrected chi connectivity index (χ0v) is 15.3. The second-order valence-electron chi connectivity index (χ2n) is 7.24. The van der Waals surface area contributed by atoms with Gasteiger partial charge in [0.25, 0.3) is 5.91 Å². The number of nitrogens with zero attached hydrogens (tertiary/aromatic N) is 1. The Kier molecular flexibility index (Phi) is 4.68. The van der Waals surface area contributed by atoms with E-state index in [0.29, 0.717) is 6.61 Å². The summed E-state index contributed by atoms with van der Waals surface area (Å²) in [6, 6.07) is 16.5. The van der Waals surface area contributed by atoms with Gasteiger partial charge >= 0.3 is 0 Å². The Morgan fingerprint density at radius 2 is 2.04 bits per heavy atom. The third kappa shape index (κ3) is 2.88. The van der Waals surface area contributed by atoms with Crippen molar-refractivity contribution in [3.8, 4) is 5.75 Å². The molecule has 0 bridgehead atoms. The monoisotopic (exact) mass is 350 g/mol. The molecule has 0 radical (unpaired) electrons. The second kappa shape index (κ2) is 7.12. The molecule has 26 heavy (non-hydrogen) atoms. The van der Waals surface area contributed by atoms with Crippen molar-refractivity contribution < 1.29 is 9.53 Å². The molecule has 4 heteroatoms. The first-order valence-electron chi connectivity index (χ1n) is 9.58. The highest BCUT2D eigenvalue weighted by Gasteiger charge is 2.50. The summed E-state index contributed by atoms with van der Waals surface area (Å²) >= 11 is 0. The van der Waals surface area contributed by atoms with Crippen molar-refractivity contribution in [3.63, 3.8) is 0 Å². The molecule has 1 N–H and O–H groups in total. The van der Waals surface area contributed by atoms with Gasteiger partial charge in [0.1, 0.15) is 5.75 Å². The van der Waals surface area contributed by atoms with Gasteiger partial charge in [-0.2, -0.15) is 0 Å². The molecule has 2 heterocycles. The highest BCUT2D eigenvalue weighted by molar-refractivity contribution is 6.00. The summed E-state index contributed by atoms with van der Waals surface area (Å²) in [5.74, 6) is 0.937. The van der Waals surface area contributed by atoms with Gasteiger partial charge in [0, 0.05) is 31.6 Å². The van der Waals surface area contributed by atoms with Crippen LogP contribution in [0.25, 0.3) is 0 Å². The van der Waals surface area contributed by atoms with E-state index in [1.54, 1.807) is 0 Å². The van der Waals surface area contributed by atoms with Crippen LogP contribution in [0.15, 0.2) is 48.5 Å². The number of ether oxygens (including phenoxy) is 1. The van der Waals surface area contributed by atoms with E-state index in [4.69, 9.17) is 4.74 Å². The summed E-state index contributed by atoms with van der Waals surface area (Å²) in [6.07, 6.45) is 2.96. The van der Waals surface area contributed by atoms with Crippen molar-refractivity contribution in [3.05, 3.63) is 65.2 Å². The predicted octanol–water partition coefficient (Wildman–Crippen LogP) is 3.36. The Morgan fingerprint density at radius 3 is 2.85 bits per heavy atom. The van der Waals surface area contributed by atoms with E-state index in [-0.39, 0.29) is 11.4 Å². The van der Waals surface area contributed by atoms with E-state index in [1.807, 2.05) is 18.2 Å². The lowest BCUT2D eigenvalue weighted by Crippen LogP contribution is -2.58.